The molecule has 4 aromatic carbocycles. The summed E-state index contributed by atoms with van der Waals surface area (Å²) in [4.78, 5) is 50.8. The van der Waals surface area contributed by atoms with Crippen molar-refractivity contribution < 1.29 is 38.4 Å². The number of halogens is 1. The number of benzene rings is 4. The van der Waals surface area contributed by atoms with Crippen LogP contribution in [0.3, 0.4) is 0 Å². The summed E-state index contributed by atoms with van der Waals surface area (Å²) in [5, 5.41) is 25.7. The molecule has 2 saturated heterocycles. The average molecular weight is 908 g/mol. The van der Waals surface area contributed by atoms with Crippen molar-refractivity contribution in [2.75, 3.05) is 57.3 Å². The lowest BCUT2D eigenvalue weighted by Gasteiger charge is -2.37. The molecule has 4 aromatic rings. The van der Waals surface area contributed by atoms with Crippen LogP contribution in [0, 0.1) is 20.2 Å². The number of nitro groups is 2. The normalized spacial score (nSPS) is 14.0. The van der Waals surface area contributed by atoms with E-state index in [1.807, 2.05) is 113 Å². The van der Waals surface area contributed by atoms with E-state index < -0.39 is 15.4 Å². The fourth-order valence-electron chi connectivity index (χ4n) is 5.93. The maximum absolute atomic E-state index is 12.3. The summed E-state index contributed by atoms with van der Waals surface area (Å²) < 4.78 is 22.7. The number of carbonyl (C=O) groups excluding carboxylic acids is 2. The van der Waals surface area contributed by atoms with Gasteiger partial charge in [0.05, 0.1) is 20.0 Å². The second kappa shape index (κ2) is 22.6. The number of amides is 2. The average Bonchev–Trinajstić information content (AvgIpc) is 3.22. The molecule has 0 bridgehead atoms. The van der Waals surface area contributed by atoms with Crippen molar-refractivity contribution in [3.8, 4) is 11.5 Å². The van der Waals surface area contributed by atoms with Gasteiger partial charge in [-0.15, -0.1) is 0 Å². The first-order chi connectivity index (χ1) is 28.9. The Bertz CT molecular complexity index is 2050. The Morgan fingerprint density at radius 1 is 0.607 bits per heavy atom. The van der Waals surface area contributed by atoms with Crippen molar-refractivity contribution in [2.45, 2.75) is 66.0 Å². The summed E-state index contributed by atoms with van der Waals surface area (Å²) in [7, 11) is 0. The molecule has 0 aromatic heterocycles. The van der Waals surface area contributed by atoms with Crippen LogP contribution < -0.4 is 19.7 Å². The van der Waals surface area contributed by atoms with Crippen molar-refractivity contribution in [1.82, 2.24) is 15.1 Å². The molecule has 2 heterocycles. The lowest BCUT2D eigenvalue weighted by molar-refractivity contribution is -0.386. The van der Waals surface area contributed by atoms with Gasteiger partial charge >= 0.3 is 23.6 Å². The molecule has 0 spiro atoms. The van der Waals surface area contributed by atoms with E-state index in [1.165, 1.54) is 12.1 Å². The van der Waals surface area contributed by atoms with E-state index in [0.717, 1.165) is 37.3 Å². The molecule has 61 heavy (non-hydrogen) atoms. The quantitative estimate of drug-likeness (QED) is 0.125. The molecule has 0 radical (unpaired) electrons. The number of nitrogens with one attached hydrogen (secondary N) is 1. The molecule has 16 nitrogen and oxygen atoms in total. The number of piperazine rings is 2. The lowest BCUT2D eigenvalue weighted by Crippen LogP contribution is -2.50. The molecule has 17 heteroatoms. The first-order valence-corrected chi connectivity index (χ1v) is 20.7. The van der Waals surface area contributed by atoms with Gasteiger partial charge in [-0.25, -0.2) is 9.59 Å². The van der Waals surface area contributed by atoms with Gasteiger partial charge in [-0.05, 0) is 80.7 Å². The third-order valence-electron chi connectivity index (χ3n) is 8.81. The van der Waals surface area contributed by atoms with Crippen LogP contribution in [0.5, 0.6) is 11.5 Å². The zero-order chi connectivity index (χ0) is 44.6. The molecule has 2 aliphatic heterocycles. The highest BCUT2D eigenvalue weighted by atomic mass is 79.9. The number of nitrogens with zero attached hydrogens (tertiary/aromatic N) is 5. The summed E-state index contributed by atoms with van der Waals surface area (Å²) in [5.74, 6) is 0.503. The van der Waals surface area contributed by atoms with E-state index in [0.29, 0.717) is 42.9 Å². The molecule has 0 atom stereocenters. The van der Waals surface area contributed by atoms with Crippen molar-refractivity contribution in [1.29, 1.82) is 0 Å². The Morgan fingerprint density at radius 3 is 1.49 bits per heavy atom. The number of hydrogen-bond donors (Lipinski definition) is 1. The minimum Gasteiger partial charge on any atom is -0.481 e. The predicted octanol–water partition coefficient (Wildman–Crippen LogP) is 8.99. The maximum atomic E-state index is 12.3. The van der Waals surface area contributed by atoms with Gasteiger partial charge in [-0.1, -0.05) is 72.8 Å². The van der Waals surface area contributed by atoms with Gasteiger partial charge in [0.25, 0.3) is 0 Å². The zero-order valence-electron chi connectivity index (χ0n) is 35.5. The van der Waals surface area contributed by atoms with Gasteiger partial charge < -0.3 is 39.0 Å². The first-order valence-electron chi connectivity index (χ1n) is 19.9. The molecule has 0 aliphatic carbocycles. The highest BCUT2D eigenvalue weighted by Crippen LogP contribution is 2.39. The van der Waals surface area contributed by atoms with Gasteiger partial charge in [0.2, 0.25) is 11.5 Å². The monoisotopic (exact) mass is 906 g/mol. The molecule has 2 fully saturated rings. The fourth-order valence-corrected chi connectivity index (χ4v) is 6.40. The number of carbonyl (C=O) groups is 2. The Kier molecular flexibility index (Phi) is 17.7. The van der Waals surface area contributed by atoms with Crippen LogP contribution in [0.15, 0.2) is 102 Å². The summed E-state index contributed by atoms with van der Waals surface area (Å²) in [6.45, 7) is 16.9. The second-order valence-corrected chi connectivity index (χ2v) is 16.8. The van der Waals surface area contributed by atoms with Crippen LogP contribution in [-0.4, -0.2) is 95.4 Å². The van der Waals surface area contributed by atoms with E-state index in [9.17, 15) is 29.8 Å². The molecular weight excluding hydrogens is 852 g/mol. The van der Waals surface area contributed by atoms with E-state index in [2.05, 4.69) is 21.2 Å². The number of anilines is 1. The summed E-state index contributed by atoms with van der Waals surface area (Å²) in [6.07, 6.45) is -0.546. The van der Waals surface area contributed by atoms with Crippen LogP contribution in [0.2, 0.25) is 0 Å². The van der Waals surface area contributed by atoms with Crippen LogP contribution in [0.25, 0.3) is 0 Å². The smallest absolute Gasteiger partial charge is 0.410 e. The third-order valence-corrected chi connectivity index (χ3v) is 9.43. The number of para-hydroxylation sites is 2. The number of hydrogen-bond acceptors (Lipinski definition) is 12. The Balaban J connectivity index is 0.000000223. The van der Waals surface area contributed by atoms with E-state index >= 15 is 0 Å². The first kappa shape index (κ1) is 47.7. The Morgan fingerprint density at radius 2 is 1.03 bits per heavy atom. The zero-order valence-corrected chi connectivity index (χ0v) is 37.1. The van der Waals surface area contributed by atoms with Crippen LogP contribution >= 0.6 is 15.9 Å². The molecular formula is C44H55BrN6O10. The van der Waals surface area contributed by atoms with Gasteiger partial charge in [0.1, 0.15) is 24.4 Å². The molecule has 2 aliphatic rings. The van der Waals surface area contributed by atoms with Gasteiger partial charge in [0, 0.05) is 64.5 Å². The fraction of sp³-hybridized carbons (Fsp3) is 0.409. The molecule has 2 amide bonds. The highest BCUT2D eigenvalue weighted by molar-refractivity contribution is 9.10. The van der Waals surface area contributed by atoms with Gasteiger partial charge in [-0.3, -0.25) is 20.2 Å². The maximum Gasteiger partial charge on any atom is 0.410 e. The number of ether oxygens (including phenoxy) is 4. The SMILES string of the molecule is CC(C)(C)OC(=O)N1CCN(c2cccc([N+](=O)[O-])c2OCc2ccccc2)CC1.CC(C)(C)OC(=O)N1CCNCC1.O=[N+]([O-])c1cccc(Br)c1OCc1ccccc1. The van der Waals surface area contributed by atoms with Crippen molar-refractivity contribution in [3.63, 3.8) is 0 Å². The third kappa shape index (κ3) is 15.9. The topological polar surface area (TPSA) is 179 Å². The minimum atomic E-state index is -0.549. The summed E-state index contributed by atoms with van der Waals surface area (Å²) >= 11 is 3.26. The van der Waals surface area contributed by atoms with Crippen LogP contribution in [0.4, 0.5) is 26.7 Å². The van der Waals surface area contributed by atoms with E-state index in [4.69, 9.17) is 18.9 Å². The molecule has 6 rings (SSSR count). The van der Waals surface area contributed by atoms with Gasteiger partial charge in [0.15, 0.2) is 0 Å². The number of nitro benzene ring substituents is 2. The summed E-state index contributed by atoms with van der Waals surface area (Å²) in [5.41, 5.74) is 1.50. The molecule has 0 unspecified atom stereocenters. The Hall–Kier alpha value is -5.94. The van der Waals surface area contributed by atoms with Crippen molar-refractivity contribution >= 4 is 45.2 Å². The summed E-state index contributed by atoms with van der Waals surface area (Å²) in [6, 6.07) is 28.7. The Labute approximate surface area is 365 Å². The largest absolute Gasteiger partial charge is 0.481 e. The highest BCUT2D eigenvalue weighted by Gasteiger charge is 2.29. The van der Waals surface area contributed by atoms with Crippen molar-refractivity contribution in [3.05, 3.63) is 133 Å². The lowest BCUT2D eigenvalue weighted by atomic mass is 10.2. The molecule has 328 valence electrons. The standard InChI is InChI=1S/C22H27N3O5.C13H10BrNO3.C9H18N2O2/c1-22(2,3)30-21(26)24-14-12-23(13-15-24)18-10-7-11-19(25(27)28)20(18)29-16-17-8-5-4-6-9-17;14-11-7-4-8-12(15(16)17)13(11)18-9-10-5-2-1-3-6-10;1-9(2,3)13-8(12)11-6-4-10-5-7-11/h4-11H,12-16H2,1-3H3;1-8H,9H2;10H,4-7H2,1-3H3. The minimum absolute atomic E-state index is 0.0414. The predicted molar refractivity (Wildman–Crippen MR) is 236 cm³/mol. The molecule has 0 saturated carbocycles. The van der Waals surface area contributed by atoms with Crippen LogP contribution in [-0.2, 0) is 22.7 Å². The van der Waals surface area contributed by atoms with Crippen molar-refractivity contribution in [2.24, 2.45) is 0 Å². The molecule has 1 N–H and O–H groups in total. The van der Waals surface area contributed by atoms with Crippen LogP contribution in [0.1, 0.15) is 52.7 Å². The number of rotatable bonds is 9. The van der Waals surface area contributed by atoms with E-state index in [-0.39, 0.29) is 47.3 Å². The van der Waals surface area contributed by atoms with Gasteiger partial charge in [-0.2, -0.15) is 0 Å². The van der Waals surface area contributed by atoms with E-state index in [1.54, 1.807) is 28.0 Å². The second-order valence-electron chi connectivity index (χ2n) is 15.9.